The van der Waals surface area contributed by atoms with Crippen LogP contribution in [0.5, 0.6) is 0 Å². The smallest absolute Gasteiger partial charge is 0.336 e. The number of hydrogen-bond donors (Lipinski definition) is 3. The van der Waals surface area contributed by atoms with Crippen molar-refractivity contribution < 1.29 is 19.1 Å². The van der Waals surface area contributed by atoms with Crippen molar-refractivity contribution in [2.24, 2.45) is 11.5 Å². The zero-order valence-electron chi connectivity index (χ0n) is 16.2. The van der Waals surface area contributed by atoms with Crippen LogP contribution in [0.1, 0.15) is 25.3 Å². The monoisotopic (exact) mass is 465 g/mol. The van der Waals surface area contributed by atoms with E-state index in [1.807, 2.05) is 0 Å². The quantitative estimate of drug-likeness (QED) is 0.528. The second kappa shape index (κ2) is 12.7. The Kier molecular flexibility index (Phi) is 11.9. The SMILES string of the molecule is CC1=C(C(=O)OCCN)C(c2ccccc2Cl)C(C(=O)OCCN)=C(C)N1.Cl.Cl. The normalized spacial score (nSPS) is 13.8. The lowest BCUT2D eigenvalue weighted by Gasteiger charge is -2.31. The maximum Gasteiger partial charge on any atom is 0.336 e. The first-order chi connectivity index (χ1) is 12.9. The topological polar surface area (TPSA) is 117 Å². The summed E-state index contributed by atoms with van der Waals surface area (Å²) in [6, 6.07) is 7.04. The van der Waals surface area contributed by atoms with E-state index < -0.39 is 17.9 Å². The molecule has 0 saturated carbocycles. The van der Waals surface area contributed by atoms with Crippen LogP contribution in [0.25, 0.3) is 0 Å². The summed E-state index contributed by atoms with van der Waals surface area (Å²) in [5, 5.41) is 3.49. The number of nitrogens with two attached hydrogens (primary N) is 2. The molecule has 0 fully saturated rings. The summed E-state index contributed by atoms with van der Waals surface area (Å²) in [6.45, 7) is 4.02. The van der Waals surface area contributed by atoms with Crippen LogP contribution in [0.4, 0.5) is 0 Å². The molecule has 0 aliphatic carbocycles. The van der Waals surface area contributed by atoms with E-state index in [1.54, 1.807) is 38.1 Å². The number of hydrogen-bond acceptors (Lipinski definition) is 7. The molecule has 0 bridgehead atoms. The van der Waals surface area contributed by atoms with E-state index in [2.05, 4.69) is 5.32 Å². The first-order valence-electron chi connectivity index (χ1n) is 8.59. The molecule has 0 amide bonds. The van der Waals surface area contributed by atoms with E-state index in [0.717, 1.165) is 0 Å². The molecule has 2 rings (SSSR count). The Morgan fingerprint density at radius 2 is 1.41 bits per heavy atom. The van der Waals surface area contributed by atoms with Gasteiger partial charge in [-0.3, -0.25) is 0 Å². The molecule has 1 aromatic carbocycles. The van der Waals surface area contributed by atoms with Crippen LogP contribution in [0, 0.1) is 0 Å². The number of dihydropyridines is 1. The van der Waals surface area contributed by atoms with E-state index in [0.29, 0.717) is 33.1 Å². The van der Waals surface area contributed by atoms with Gasteiger partial charge < -0.3 is 26.3 Å². The maximum absolute atomic E-state index is 12.7. The number of carbonyl (C=O) groups excluding carboxylic acids is 2. The molecule has 0 radical (unpaired) electrons. The van der Waals surface area contributed by atoms with Crippen LogP contribution >= 0.6 is 36.4 Å². The zero-order chi connectivity index (χ0) is 20.0. The number of ether oxygens (including phenoxy) is 2. The van der Waals surface area contributed by atoms with Gasteiger partial charge in [-0.25, -0.2) is 9.59 Å². The highest BCUT2D eigenvalue weighted by Gasteiger charge is 2.38. The van der Waals surface area contributed by atoms with Gasteiger partial charge in [-0.1, -0.05) is 29.8 Å². The minimum Gasteiger partial charge on any atom is -0.461 e. The first-order valence-corrected chi connectivity index (χ1v) is 8.97. The largest absolute Gasteiger partial charge is 0.461 e. The van der Waals surface area contributed by atoms with E-state index in [-0.39, 0.29) is 51.1 Å². The average Bonchev–Trinajstić information content (AvgIpc) is 2.64. The van der Waals surface area contributed by atoms with Gasteiger partial charge in [0.05, 0.1) is 17.1 Å². The third kappa shape index (κ3) is 6.35. The molecule has 7 nitrogen and oxygen atoms in total. The molecule has 1 aliphatic rings. The molecule has 1 aliphatic heterocycles. The summed E-state index contributed by atoms with van der Waals surface area (Å²) >= 11 is 6.39. The third-order valence-corrected chi connectivity index (χ3v) is 4.46. The van der Waals surface area contributed by atoms with Gasteiger partial charge in [-0.15, -0.1) is 24.8 Å². The Balaban J connectivity index is 0.00000392. The summed E-state index contributed by atoms with van der Waals surface area (Å²) in [7, 11) is 0. The highest BCUT2D eigenvalue weighted by molar-refractivity contribution is 6.31. The minimum absolute atomic E-state index is 0. The van der Waals surface area contributed by atoms with E-state index in [9.17, 15) is 9.59 Å². The van der Waals surface area contributed by atoms with E-state index in [4.69, 9.17) is 32.5 Å². The molecule has 0 spiro atoms. The van der Waals surface area contributed by atoms with Gasteiger partial charge in [-0.05, 0) is 25.5 Å². The first kappa shape index (κ1) is 27.2. The van der Waals surface area contributed by atoms with E-state index >= 15 is 0 Å². The van der Waals surface area contributed by atoms with Crippen molar-refractivity contribution >= 4 is 48.4 Å². The summed E-state index contributed by atoms with van der Waals surface area (Å²) in [4.78, 5) is 25.5. The number of allylic oxidation sites excluding steroid dienone is 2. The van der Waals surface area contributed by atoms with Crippen molar-refractivity contribution in [1.29, 1.82) is 0 Å². The van der Waals surface area contributed by atoms with Crippen molar-refractivity contribution in [3.05, 3.63) is 57.4 Å². The maximum atomic E-state index is 12.7. The van der Waals surface area contributed by atoms with E-state index in [1.165, 1.54) is 0 Å². The number of rotatable bonds is 7. The van der Waals surface area contributed by atoms with Crippen LogP contribution in [-0.2, 0) is 19.1 Å². The Morgan fingerprint density at radius 1 is 0.966 bits per heavy atom. The summed E-state index contributed by atoms with van der Waals surface area (Å²) in [5.41, 5.74) is 13.2. The third-order valence-electron chi connectivity index (χ3n) is 4.12. The number of carbonyl (C=O) groups is 2. The Morgan fingerprint density at radius 3 is 1.83 bits per heavy atom. The Bertz CT molecular complexity index is 755. The fourth-order valence-electron chi connectivity index (χ4n) is 3.01. The van der Waals surface area contributed by atoms with Crippen LogP contribution in [0.3, 0.4) is 0 Å². The lowest BCUT2D eigenvalue weighted by Crippen LogP contribution is -2.33. The Labute approximate surface area is 187 Å². The summed E-state index contributed by atoms with van der Waals surface area (Å²) < 4.78 is 10.5. The average molecular weight is 467 g/mol. The summed E-state index contributed by atoms with van der Waals surface area (Å²) in [5.74, 6) is -1.85. The molecule has 1 aromatic rings. The van der Waals surface area contributed by atoms with Gasteiger partial charge >= 0.3 is 11.9 Å². The molecule has 0 aromatic heterocycles. The highest BCUT2D eigenvalue weighted by Crippen LogP contribution is 2.41. The van der Waals surface area contributed by atoms with Crippen LogP contribution in [-0.4, -0.2) is 38.2 Å². The van der Waals surface area contributed by atoms with Crippen LogP contribution < -0.4 is 16.8 Å². The lowest BCUT2D eigenvalue weighted by atomic mass is 9.80. The standard InChI is InChI=1S/C19H24ClN3O4.2ClH/c1-11-15(18(24)26-9-7-21)17(13-5-3-4-6-14(13)20)16(12(2)23-11)19(25)27-10-8-22;;/h3-6,17,23H,7-10,21-22H2,1-2H3;2*1H. The summed E-state index contributed by atoms with van der Waals surface area (Å²) in [6.07, 6.45) is 0. The van der Waals surface area contributed by atoms with Gasteiger partial charge in [0.1, 0.15) is 13.2 Å². The van der Waals surface area contributed by atoms with Crippen molar-refractivity contribution in [3.8, 4) is 0 Å². The lowest BCUT2D eigenvalue weighted by molar-refractivity contribution is -0.139. The van der Waals surface area contributed by atoms with Gasteiger partial charge in [-0.2, -0.15) is 0 Å². The molecule has 29 heavy (non-hydrogen) atoms. The highest BCUT2D eigenvalue weighted by atomic mass is 35.5. The van der Waals surface area contributed by atoms with Gasteiger partial charge in [0.2, 0.25) is 0 Å². The molecular formula is C19H26Cl3N3O4. The van der Waals surface area contributed by atoms with Crippen LogP contribution in [0.15, 0.2) is 46.8 Å². The fourth-order valence-corrected chi connectivity index (χ4v) is 3.26. The van der Waals surface area contributed by atoms with Crippen molar-refractivity contribution in [2.75, 3.05) is 26.3 Å². The van der Waals surface area contributed by atoms with Crippen molar-refractivity contribution in [1.82, 2.24) is 5.32 Å². The van der Waals surface area contributed by atoms with Gasteiger partial charge in [0.25, 0.3) is 0 Å². The molecule has 0 unspecified atom stereocenters. The number of nitrogens with one attached hydrogen (secondary N) is 1. The molecular weight excluding hydrogens is 441 g/mol. The molecule has 1 heterocycles. The van der Waals surface area contributed by atoms with Crippen molar-refractivity contribution in [3.63, 3.8) is 0 Å². The molecule has 10 heteroatoms. The second-order valence-corrected chi connectivity index (χ2v) is 6.41. The molecule has 162 valence electrons. The molecule has 0 atom stereocenters. The molecule has 5 N–H and O–H groups in total. The van der Waals surface area contributed by atoms with Gasteiger partial charge in [0, 0.05) is 29.5 Å². The minimum atomic E-state index is -0.726. The van der Waals surface area contributed by atoms with Crippen LogP contribution in [0.2, 0.25) is 5.02 Å². The number of halogens is 3. The zero-order valence-corrected chi connectivity index (χ0v) is 18.6. The van der Waals surface area contributed by atoms with Gasteiger partial charge in [0.15, 0.2) is 0 Å². The van der Waals surface area contributed by atoms with Crippen molar-refractivity contribution in [2.45, 2.75) is 19.8 Å². The Hall–Kier alpha value is -1.77. The number of benzene rings is 1. The second-order valence-electron chi connectivity index (χ2n) is 6.01. The molecule has 0 saturated heterocycles. The predicted molar refractivity (Wildman–Crippen MR) is 117 cm³/mol. The number of esters is 2. The fraction of sp³-hybridized carbons (Fsp3) is 0.368. The predicted octanol–water partition coefficient (Wildman–Crippen LogP) is 2.42.